The number of hydrogen-bond acceptors (Lipinski definition) is 2. The average Bonchev–Trinajstić information content (AvgIpc) is 2.65. The molecule has 0 aromatic carbocycles. The van der Waals surface area contributed by atoms with Gasteiger partial charge in [0.25, 0.3) is 0 Å². The van der Waals surface area contributed by atoms with E-state index in [9.17, 15) is 0 Å². The van der Waals surface area contributed by atoms with E-state index >= 15 is 0 Å². The number of aromatic nitrogens is 2. The van der Waals surface area contributed by atoms with E-state index in [0.717, 1.165) is 24.4 Å². The van der Waals surface area contributed by atoms with Crippen LogP contribution in [0.4, 0.5) is 0 Å². The fraction of sp³-hybridized carbons (Fsp3) is 0.471. The largest absolute Gasteiger partial charge is 0.476 e. The number of halogens is 1. The van der Waals surface area contributed by atoms with Crippen LogP contribution in [0.1, 0.15) is 31.5 Å². The van der Waals surface area contributed by atoms with E-state index in [0.29, 0.717) is 12.5 Å². The lowest BCUT2D eigenvalue weighted by atomic mass is 10.1. The molecule has 0 spiro atoms. The molecule has 0 aliphatic rings. The molecule has 2 aromatic heterocycles. The zero-order valence-electron chi connectivity index (χ0n) is 13.3. The van der Waals surface area contributed by atoms with Crippen LogP contribution in [0.25, 0.3) is 10.9 Å². The molecule has 0 saturated heterocycles. The molecule has 0 N–H and O–H groups in total. The molecule has 2 rings (SSSR count). The molecule has 0 saturated carbocycles. The van der Waals surface area contributed by atoms with Crippen LogP contribution in [0.2, 0.25) is 0 Å². The molecule has 0 fully saturated rings. The maximum atomic E-state index is 5.92. The standard InChI is InChI=1S/C17H24N2O.ClH/c1-6-10-19-14(5)13(4)15-7-9-18-17(16(15)19)20-11-8-12(2)3;/h6-7,9,12H,1,8,10-11H2,2-5H3;1H. The summed E-state index contributed by atoms with van der Waals surface area (Å²) in [6, 6.07) is 2.06. The first-order chi connectivity index (χ1) is 9.56. The highest BCUT2D eigenvalue weighted by atomic mass is 35.5. The summed E-state index contributed by atoms with van der Waals surface area (Å²) < 4.78 is 8.15. The second kappa shape index (κ2) is 7.51. The van der Waals surface area contributed by atoms with Gasteiger partial charge in [0, 0.05) is 23.8 Å². The lowest BCUT2D eigenvalue weighted by Crippen LogP contribution is -2.05. The molecule has 0 aliphatic carbocycles. The predicted octanol–water partition coefficient (Wildman–Crippen LogP) is 4.69. The molecule has 21 heavy (non-hydrogen) atoms. The number of aryl methyl sites for hydroxylation is 1. The summed E-state index contributed by atoms with van der Waals surface area (Å²) in [4.78, 5) is 4.42. The Hall–Kier alpha value is -1.48. The molecule has 0 radical (unpaired) electrons. The molecule has 0 atom stereocenters. The summed E-state index contributed by atoms with van der Waals surface area (Å²) in [5.41, 5.74) is 3.63. The summed E-state index contributed by atoms with van der Waals surface area (Å²) in [6.07, 6.45) is 4.78. The minimum absolute atomic E-state index is 0. The smallest absolute Gasteiger partial charge is 0.238 e. The molecule has 0 unspecified atom stereocenters. The normalized spacial score (nSPS) is 10.7. The van der Waals surface area contributed by atoms with Crippen molar-refractivity contribution in [3.8, 4) is 5.88 Å². The van der Waals surface area contributed by atoms with Crippen molar-refractivity contribution in [2.75, 3.05) is 6.61 Å². The second-order valence-electron chi connectivity index (χ2n) is 5.65. The number of fused-ring (bicyclic) bond motifs is 1. The molecule has 4 heteroatoms. The van der Waals surface area contributed by atoms with Crippen molar-refractivity contribution in [1.82, 2.24) is 9.55 Å². The van der Waals surface area contributed by atoms with Crippen LogP contribution in [-0.2, 0) is 6.54 Å². The number of pyridine rings is 1. The van der Waals surface area contributed by atoms with Crippen LogP contribution >= 0.6 is 12.4 Å². The van der Waals surface area contributed by atoms with Gasteiger partial charge >= 0.3 is 0 Å². The molecule has 2 aromatic rings. The van der Waals surface area contributed by atoms with Crippen molar-refractivity contribution in [3.05, 3.63) is 36.2 Å². The minimum Gasteiger partial charge on any atom is -0.476 e. The van der Waals surface area contributed by atoms with Crippen LogP contribution in [0.15, 0.2) is 24.9 Å². The average molecular weight is 309 g/mol. The molecular weight excluding hydrogens is 284 g/mol. The molecule has 0 amide bonds. The third-order valence-corrected chi connectivity index (χ3v) is 3.76. The number of rotatable bonds is 6. The molecule has 116 valence electrons. The van der Waals surface area contributed by atoms with Gasteiger partial charge in [-0.05, 0) is 37.8 Å². The Morgan fingerprint density at radius 1 is 1.38 bits per heavy atom. The molecule has 2 heterocycles. The Bertz CT molecular complexity index is 617. The maximum absolute atomic E-state index is 5.92. The first kappa shape index (κ1) is 17.6. The lowest BCUT2D eigenvalue weighted by molar-refractivity contribution is 0.281. The minimum atomic E-state index is 0. The van der Waals surface area contributed by atoms with Gasteiger partial charge in [0.05, 0.1) is 6.61 Å². The van der Waals surface area contributed by atoms with Gasteiger partial charge in [0.1, 0.15) is 5.52 Å². The number of ether oxygens (including phenoxy) is 1. The Labute approximate surface area is 133 Å². The summed E-state index contributed by atoms with van der Waals surface area (Å²) >= 11 is 0. The van der Waals surface area contributed by atoms with Crippen molar-refractivity contribution in [1.29, 1.82) is 0 Å². The topological polar surface area (TPSA) is 27.1 Å². The van der Waals surface area contributed by atoms with Crippen molar-refractivity contribution in [3.63, 3.8) is 0 Å². The van der Waals surface area contributed by atoms with Gasteiger partial charge in [0.2, 0.25) is 5.88 Å². The fourth-order valence-corrected chi connectivity index (χ4v) is 2.42. The van der Waals surface area contributed by atoms with Gasteiger partial charge in [-0.3, -0.25) is 0 Å². The van der Waals surface area contributed by atoms with E-state index in [2.05, 4.69) is 49.9 Å². The van der Waals surface area contributed by atoms with E-state index in [1.54, 1.807) is 0 Å². The van der Waals surface area contributed by atoms with Crippen LogP contribution in [0, 0.1) is 19.8 Å². The quantitative estimate of drug-likeness (QED) is 0.724. The first-order valence-corrected chi connectivity index (χ1v) is 7.24. The number of allylic oxidation sites excluding steroid dienone is 1. The first-order valence-electron chi connectivity index (χ1n) is 7.24. The van der Waals surface area contributed by atoms with Crippen LogP contribution in [0.3, 0.4) is 0 Å². The Morgan fingerprint density at radius 3 is 2.71 bits per heavy atom. The number of hydrogen-bond donors (Lipinski definition) is 0. The molecule has 0 aliphatic heterocycles. The van der Waals surface area contributed by atoms with Crippen LogP contribution in [-0.4, -0.2) is 16.2 Å². The zero-order chi connectivity index (χ0) is 14.7. The van der Waals surface area contributed by atoms with E-state index in [-0.39, 0.29) is 12.4 Å². The van der Waals surface area contributed by atoms with Gasteiger partial charge in [0.15, 0.2) is 0 Å². The van der Waals surface area contributed by atoms with Gasteiger partial charge in [-0.25, -0.2) is 4.98 Å². The van der Waals surface area contributed by atoms with Crippen molar-refractivity contribution < 1.29 is 4.74 Å². The van der Waals surface area contributed by atoms with Crippen molar-refractivity contribution >= 4 is 23.3 Å². The van der Waals surface area contributed by atoms with E-state index in [4.69, 9.17) is 4.74 Å². The van der Waals surface area contributed by atoms with Gasteiger partial charge in [-0.1, -0.05) is 19.9 Å². The molecule has 0 bridgehead atoms. The Kier molecular flexibility index (Phi) is 6.28. The third kappa shape index (κ3) is 3.59. The van der Waals surface area contributed by atoms with Gasteiger partial charge in [-0.15, -0.1) is 19.0 Å². The predicted molar refractivity (Wildman–Crippen MR) is 91.6 cm³/mol. The second-order valence-corrected chi connectivity index (χ2v) is 5.65. The number of nitrogens with zero attached hydrogens (tertiary/aromatic N) is 2. The highest BCUT2D eigenvalue weighted by Crippen LogP contribution is 2.30. The van der Waals surface area contributed by atoms with E-state index in [1.165, 1.54) is 16.6 Å². The fourth-order valence-electron chi connectivity index (χ4n) is 2.42. The van der Waals surface area contributed by atoms with E-state index in [1.807, 2.05) is 12.3 Å². The van der Waals surface area contributed by atoms with Crippen molar-refractivity contribution in [2.45, 2.75) is 40.7 Å². The summed E-state index contributed by atoms with van der Waals surface area (Å²) in [5.74, 6) is 1.37. The molecular formula is C17H25ClN2O. The SMILES string of the molecule is C=CCn1c(C)c(C)c2ccnc(OCCC(C)C)c21.Cl. The zero-order valence-corrected chi connectivity index (χ0v) is 14.2. The van der Waals surface area contributed by atoms with Crippen LogP contribution in [0.5, 0.6) is 5.88 Å². The summed E-state index contributed by atoms with van der Waals surface area (Å²) in [5, 5.41) is 1.22. The highest BCUT2D eigenvalue weighted by Gasteiger charge is 2.15. The molecule has 3 nitrogen and oxygen atoms in total. The van der Waals surface area contributed by atoms with Crippen LogP contribution < -0.4 is 4.74 Å². The van der Waals surface area contributed by atoms with Crippen molar-refractivity contribution in [2.24, 2.45) is 5.92 Å². The Balaban J connectivity index is 0.00000220. The monoisotopic (exact) mass is 308 g/mol. The van der Waals surface area contributed by atoms with E-state index < -0.39 is 0 Å². The highest BCUT2D eigenvalue weighted by molar-refractivity contribution is 5.88. The summed E-state index contributed by atoms with van der Waals surface area (Å²) in [6.45, 7) is 14.0. The lowest BCUT2D eigenvalue weighted by Gasteiger charge is -2.11. The van der Waals surface area contributed by atoms with Gasteiger partial charge in [-0.2, -0.15) is 0 Å². The van der Waals surface area contributed by atoms with Gasteiger partial charge < -0.3 is 9.30 Å². The maximum Gasteiger partial charge on any atom is 0.238 e. The summed E-state index contributed by atoms with van der Waals surface area (Å²) in [7, 11) is 0. The Morgan fingerprint density at radius 2 is 2.10 bits per heavy atom. The third-order valence-electron chi connectivity index (χ3n) is 3.76.